The van der Waals surface area contributed by atoms with Crippen LogP contribution in [0.2, 0.25) is 0 Å². The summed E-state index contributed by atoms with van der Waals surface area (Å²) >= 11 is 0. The number of nitrogens with zero attached hydrogens (tertiary/aromatic N) is 4. The van der Waals surface area contributed by atoms with Crippen molar-refractivity contribution in [2.45, 2.75) is 44.3 Å². The van der Waals surface area contributed by atoms with Crippen LogP contribution in [-0.4, -0.2) is 25.6 Å². The molecule has 1 aliphatic carbocycles. The van der Waals surface area contributed by atoms with Gasteiger partial charge in [0.2, 0.25) is 0 Å². The third kappa shape index (κ3) is 3.39. The first kappa shape index (κ1) is 14.0. The third-order valence-electron chi connectivity index (χ3n) is 4.14. The summed E-state index contributed by atoms with van der Waals surface area (Å²) in [4.78, 5) is 11.8. The highest BCUT2D eigenvalue weighted by Gasteiger charge is 2.23. The molecule has 0 radical (unpaired) electrons. The first-order valence-corrected chi connectivity index (χ1v) is 7.47. The predicted molar refractivity (Wildman–Crippen MR) is 79.8 cm³/mol. The van der Waals surface area contributed by atoms with E-state index in [0.29, 0.717) is 6.04 Å². The van der Waals surface area contributed by atoms with Gasteiger partial charge in [-0.2, -0.15) is 10.2 Å². The van der Waals surface area contributed by atoms with E-state index in [2.05, 4.69) is 15.5 Å². The fraction of sp³-hybridized carbons (Fsp3) is 0.533. The average molecular weight is 287 g/mol. The second kappa shape index (κ2) is 6.22. The summed E-state index contributed by atoms with van der Waals surface area (Å²) in [5.41, 5.74) is 1.21. The van der Waals surface area contributed by atoms with Crippen molar-refractivity contribution in [1.82, 2.24) is 24.9 Å². The highest BCUT2D eigenvalue weighted by molar-refractivity contribution is 5.03. The van der Waals surface area contributed by atoms with Crippen molar-refractivity contribution in [2.24, 2.45) is 7.05 Å². The molecule has 0 aromatic carbocycles. The molecule has 1 aliphatic rings. The molecule has 1 saturated carbocycles. The maximum Gasteiger partial charge on any atom is 0.266 e. The fourth-order valence-electron chi connectivity index (χ4n) is 2.99. The van der Waals surface area contributed by atoms with Crippen molar-refractivity contribution >= 4 is 0 Å². The minimum atomic E-state index is 0.00395. The van der Waals surface area contributed by atoms with Gasteiger partial charge < -0.3 is 5.32 Å². The van der Waals surface area contributed by atoms with Crippen LogP contribution in [-0.2, 0) is 13.6 Å². The number of nitrogens with one attached hydrogen (secondary N) is 1. The molecular weight excluding hydrogens is 266 g/mol. The van der Waals surface area contributed by atoms with Crippen LogP contribution in [0.1, 0.15) is 37.3 Å². The molecule has 0 bridgehead atoms. The van der Waals surface area contributed by atoms with Crippen LogP contribution < -0.4 is 10.9 Å². The quantitative estimate of drug-likeness (QED) is 0.919. The SMILES string of the molecule is Cn1cc(CNC2CCC(n3ncccc3=O)CC2)cn1. The summed E-state index contributed by atoms with van der Waals surface area (Å²) in [5.74, 6) is 0. The van der Waals surface area contributed by atoms with Gasteiger partial charge in [-0.25, -0.2) is 4.68 Å². The van der Waals surface area contributed by atoms with E-state index >= 15 is 0 Å². The third-order valence-corrected chi connectivity index (χ3v) is 4.14. The van der Waals surface area contributed by atoms with Crippen LogP contribution in [0.5, 0.6) is 0 Å². The maximum absolute atomic E-state index is 11.8. The standard InChI is InChI=1S/C15H21N5O/c1-19-11-12(10-18-19)9-16-13-4-6-14(7-5-13)20-15(21)3-2-8-17-20/h2-3,8,10-11,13-14,16H,4-7,9H2,1H3. The molecule has 1 N–H and O–H groups in total. The largest absolute Gasteiger partial charge is 0.310 e. The van der Waals surface area contributed by atoms with E-state index in [0.717, 1.165) is 32.2 Å². The number of aromatic nitrogens is 4. The van der Waals surface area contributed by atoms with Gasteiger partial charge >= 0.3 is 0 Å². The molecule has 3 rings (SSSR count). The zero-order valence-corrected chi connectivity index (χ0v) is 12.3. The Labute approximate surface area is 123 Å². The van der Waals surface area contributed by atoms with E-state index in [-0.39, 0.29) is 11.6 Å². The number of hydrogen-bond donors (Lipinski definition) is 1. The van der Waals surface area contributed by atoms with Crippen molar-refractivity contribution in [3.8, 4) is 0 Å². The second-order valence-electron chi connectivity index (χ2n) is 5.72. The van der Waals surface area contributed by atoms with Gasteiger partial charge in [0.1, 0.15) is 0 Å². The summed E-state index contributed by atoms with van der Waals surface area (Å²) in [6.07, 6.45) is 9.78. The smallest absolute Gasteiger partial charge is 0.266 e. The molecule has 2 aromatic heterocycles. The zero-order valence-electron chi connectivity index (χ0n) is 12.3. The molecule has 0 saturated heterocycles. The first-order valence-electron chi connectivity index (χ1n) is 7.47. The molecule has 112 valence electrons. The lowest BCUT2D eigenvalue weighted by Crippen LogP contribution is -2.36. The molecule has 2 heterocycles. The number of aryl methyl sites for hydroxylation is 1. The zero-order chi connectivity index (χ0) is 14.7. The van der Waals surface area contributed by atoms with Crippen molar-refractivity contribution in [3.05, 3.63) is 46.6 Å². The van der Waals surface area contributed by atoms with Crippen LogP contribution in [0.15, 0.2) is 35.5 Å². The lowest BCUT2D eigenvalue weighted by atomic mass is 9.91. The Morgan fingerprint density at radius 1 is 1.29 bits per heavy atom. The molecule has 21 heavy (non-hydrogen) atoms. The van der Waals surface area contributed by atoms with E-state index in [9.17, 15) is 4.79 Å². The Morgan fingerprint density at radius 2 is 2.10 bits per heavy atom. The monoisotopic (exact) mass is 287 g/mol. The van der Waals surface area contributed by atoms with Crippen LogP contribution in [0, 0.1) is 0 Å². The summed E-state index contributed by atoms with van der Waals surface area (Å²) in [7, 11) is 1.93. The highest BCUT2D eigenvalue weighted by atomic mass is 16.1. The lowest BCUT2D eigenvalue weighted by molar-refractivity contribution is 0.268. The molecule has 6 heteroatoms. The van der Waals surface area contributed by atoms with Crippen molar-refractivity contribution in [1.29, 1.82) is 0 Å². The van der Waals surface area contributed by atoms with Crippen molar-refractivity contribution in [2.75, 3.05) is 0 Å². The minimum absolute atomic E-state index is 0.00395. The normalized spacial score (nSPS) is 22.3. The lowest BCUT2D eigenvalue weighted by Gasteiger charge is -2.29. The van der Waals surface area contributed by atoms with Gasteiger partial charge in [-0.15, -0.1) is 0 Å². The summed E-state index contributed by atoms with van der Waals surface area (Å²) in [6.45, 7) is 0.854. The van der Waals surface area contributed by atoms with E-state index in [1.54, 1.807) is 23.0 Å². The molecular formula is C15H21N5O. The minimum Gasteiger partial charge on any atom is -0.310 e. The van der Waals surface area contributed by atoms with Crippen LogP contribution in [0.25, 0.3) is 0 Å². The average Bonchev–Trinajstić information content (AvgIpc) is 2.92. The van der Waals surface area contributed by atoms with Crippen LogP contribution in [0.4, 0.5) is 0 Å². The Bertz CT molecular complexity index is 639. The maximum atomic E-state index is 11.8. The van der Waals surface area contributed by atoms with E-state index in [1.165, 1.54) is 5.56 Å². The van der Waals surface area contributed by atoms with Crippen LogP contribution >= 0.6 is 0 Å². The van der Waals surface area contributed by atoms with Crippen LogP contribution in [0.3, 0.4) is 0 Å². The predicted octanol–water partition coefficient (Wildman–Crippen LogP) is 1.25. The van der Waals surface area contributed by atoms with Gasteiger partial charge in [0.25, 0.3) is 5.56 Å². The highest BCUT2D eigenvalue weighted by Crippen LogP contribution is 2.26. The Hall–Kier alpha value is -1.95. The van der Waals surface area contributed by atoms with Gasteiger partial charge in [-0.1, -0.05) is 0 Å². The van der Waals surface area contributed by atoms with Gasteiger partial charge in [-0.3, -0.25) is 9.48 Å². The molecule has 2 aromatic rings. The molecule has 1 fully saturated rings. The Balaban J connectivity index is 1.51. The number of rotatable bonds is 4. The Morgan fingerprint density at radius 3 is 2.76 bits per heavy atom. The molecule has 0 spiro atoms. The Kier molecular flexibility index (Phi) is 4.15. The summed E-state index contributed by atoms with van der Waals surface area (Å²) in [6, 6.07) is 4.04. The van der Waals surface area contributed by atoms with Gasteiger partial charge in [0.15, 0.2) is 0 Å². The molecule has 6 nitrogen and oxygen atoms in total. The molecule has 0 aliphatic heterocycles. The van der Waals surface area contributed by atoms with E-state index < -0.39 is 0 Å². The van der Waals surface area contributed by atoms with E-state index in [4.69, 9.17) is 0 Å². The number of hydrogen-bond acceptors (Lipinski definition) is 4. The summed E-state index contributed by atoms with van der Waals surface area (Å²) < 4.78 is 3.46. The molecule has 0 atom stereocenters. The fourth-order valence-corrected chi connectivity index (χ4v) is 2.99. The van der Waals surface area contributed by atoms with E-state index in [1.807, 2.05) is 24.1 Å². The topological polar surface area (TPSA) is 64.7 Å². The van der Waals surface area contributed by atoms with Crippen molar-refractivity contribution < 1.29 is 0 Å². The van der Waals surface area contributed by atoms with Gasteiger partial charge in [0, 0.05) is 43.7 Å². The molecule has 0 amide bonds. The molecule has 0 unspecified atom stereocenters. The van der Waals surface area contributed by atoms with Gasteiger partial charge in [0.05, 0.1) is 12.2 Å². The van der Waals surface area contributed by atoms with Gasteiger partial charge in [-0.05, 0) is 31.7 Å². The second-order valence-corrected chi connectivity index (χ2v) is 5.72. The first-order chi connectivity index (χ1) is 10.2. The summed E-state index contributed by atoms with van der Waals surface area (Å²) in [5, 5.41) is 11.9. The van der Waals surface area contributed by atoms with Crippen molar-refractivity contribution in [3.63, 3.8) is 0 Å².